The average molecular weight is 292 g/mol. The van der Waals surface area contributed by atoms with Crippen molar-refractivity contribution in [2.45, 2.75) is 11.8 Å². The summed E-state index contributed by atoms with van der Waals surface area (Å²) in [4.78, 5) is 12.0. The van der Waals surface area contributed by atoms with E-state index in [1.54, 1.807) is 6.92 Å². The van der Waals surface area contributed by atoms with Crippen molar-refractivity contribution in [3.8, 4) is 0 Å². The van der Waals surface area contributed by atoms with E-state index in [1.165, 1.54) is 18.6 Å². The minimum atomic E-state index is -3.56. The molecule has 0 atom stereocenters. The van der Waals surface area contributed by atoms with E-state index in [0.29, 0.717) is 18.0 Å². The normalized spacial score (nSPS) is 11.4. The van der Waals surface area contributed by atoms with Crippen LogP contribution in [0.15, 0.2) is 16.3 Å². The summed E-state index contributed by atoms with van der Waals surface area (Å²) in [5.74, 6) is -0.263. The van der Waals surface area contributed by atoms with Gasteiger partial charge in [0.15, 0.2) is 0 Å². The third-order valence-electron chi connectivity index (χ3n) is 2.05. The quantitative estimate of drug-likeness (QED) is 0.713. The molecule has 0 unspecified atom stereocenters. The van der Waals surface area contributed by atoms with E-state index in [0.717, 1.165) is 11.3 Å². The Bertz CT molecular complexity index is 496. The van der Waals surface area contributed by atoms with Gasteiger partial charge in [-0.05, 0) is 13.0 Å². The number of rotatable bonds is 7. The highest BCUT2D eigenvalue weighted by atomic mass is 32.2. The Kier molecular flexibility index (Phi) is 5.73. The molecule has 18 heavy (non-hydrogen) atoms. The lowest BCUT2D eigenvalue weighted by Gasteiger charge is -2.03. The first kappa shape index (κ1) is 15.1. The van der Waals surface area contributed by atoms with Gasteiger partial charge in [0.2, 0.25) is 10.0 Å². The van der Waals surface area contributed by atoms with Crippen LogP contribution in [-0.4, -0.2) is 41.1 Å². The molecule has 0 saturated carbocycles. The van der Waals surface area contributed by atoms with Crippen LogP contribution in [-0.2, 0) is 14.8 Å². The van der Waals surface area contributed by atoms with Crippen LogP contribution < -0.4 is 10.0 Å². The maximum Gasteiger partial charge on any atom is 0.261 e. The monoisotopic (exact) mass is 292 g/mol. The van der Waals surface area contributed by atoms with Gasteiger partial charge in [0, 0.05) is 25.6 Å². The molecular formula is C10H16N2O4S2. The molecule has 1 aromatic rings. The van der Waals surface area contributed by atoms with Crippen molar-refractivity contribution in [1.82, 2.24) is 10.0 Å². The maximum absolute atomic E-state index is 11.8. The Labute approximate surface area is 110 Å². The molecule has 1 rings (SSSR count). The molecule has 0 aliphatic heterocycles. The standard InChI is InChI=1S/C10H16N2O4S2/c1-3-11-10(13)9-6-8(7-17-9)18(14,15)12-4-5-16-2/h6-7,12H,3-5H2,1-2H3,(H,11,13). The summed E-state index contributed by atoms with van der Waals surface area (Å²) < 4.78 is 30.8. The van der Waals surface area contributed by atoms with E-state index in [9.17, 15) is 13.2 Å². The van der Waals surface area contributed by atoms with Crippen LogP contribution in [0.2, 0.25) is 0 Å². The first-order chi connectivity index (χ1) is 8.51. The van der Waals surface area contributed by atoms with Gasteiger partial charge in [0.05, 0.1) is 16.4 Å². The van der Waals surface area contributed by atoms with Crippen LogP contribution in [0, 0.1) is 0 Å². The average Bonchev–Trinajstić information content (AvgIpc) is 2.79. The Hall–Kier alpha value is -0.960. The third kappa shape index (κ3) is 4.05. The number of methoxy groups -OCH3 is 1. The fraction of sp³-hybridized carbons (Fsp3) is 0.500. The van der Waals surface area contributed by atoms with Crippen LogP contribution in [0.1, 0.15) is 16.6 Å². The molecule has 0 aliphatic rings. The van der Waals surface area contributed by atoms with Crippen LogP contribution in [0.25, 0.3) is 0 Å². The van der Waals surface area contributed by atoms with Crippen LogP contribution in [0.5, 0.6) is 0 Å². The zero-order chi connectivity index (χ0) is 13.6. The topological polar surface area (TPSA) is 84.5 Å². The van der Waals surface area contributed by atoms with Crippen molar-refractivity contribution in [3.05, 3.63) is 16.3 Å². The molecule has 1 heterocycles. The Morgan fingerprint density at radius 3 is 2.83 bits per heavy atom. The molecule has 6 nitrogen and oxygen atoms in total. The lowest BCUT2D eigenvalue weighted by atomic mass is 10.4. The molecule has 0 spiro atoms. The lowest BCUT2D eigenvalue weighted by Crippen LogP contribution is -2.27. The second-order valence-electron chi connectivity index (χ2n) is 3.40. The largest absolute Gasteiger partial charge is 0.383 e. The highest BCUT2D eigenvalue weighted by molar-refractivity contribution is 7.89. The first-order valence-electron chi connectivity index (χ1n) is 5.36. The van der Waals surface area contributed by atoms with E-state index in [4.69, 9.17) is 4.74 Å². The number of hydrogen-bond donors (Lipinski definition) is 2. The molecule has 1 amide bonds. The fourth-order valence-corrected chi connectivity index (χ4v) is 3.39. The molecule has 0 aromatic carbocycles. The van der Waals surface area contributed by atoms with Gasteiger partial charge in [-0.3, -0.25) is 4.79 Å². The zero-order valence-corrected chi connectivity index (χ0v) is 11.9. The van der Waals surface area contributed by atoms with E-state index in [2.05, 4.69) is 10.0 Å². The predicted molar refractivity (Wildman–Crippen MR) is 69.4 cm³/mol. The highest BCUT2D eigenvalue weighted by Crippen LogP contribution is 2.18. The molecule has 0 fully saturated rings. The molecule has 0 aliphatic carbocycles. The summed E-state index contributed by atoms with van der Waals surface area (Å²) in [6.45, 7) is 2.80. The Morgan fingerprint density at radius 2 is 2.22 bits per heavy atom. The summed E-state index contributed by atoms with van der Waals surface area (Å²) in [7, 11) is -2.07. The molecule has 0 bridgehead atoms. The Balaban J connectivity index is 2.75. The number of hydrogen-bond acceptors (Lipinski definition) is 5. The molecular weight excluding hydrogens is 276 g/mol. The number of carbonyl (C=O) groups excluding carboxylic acids is 1. The van der Waals surface area contributed by atoms with Crippen LogP contribution in [0.4, 0.5) is 0 Å². The minimum Gasteiger partial charge on any atom is -0.383 e. The van der Waals surface area contributed by atoms with Crippen molar-refractivity contribution < 1.29 is 17.9 Å². The van der Waals surface area contributed by atoms with E-state index in [-0.39, 0.29) is 17.3 Å². The maximum atomic E-state index is 11.8. The minimum absolute atomic E-state index is 0.102. The number of thiophene rings is 1. The van der Waals surface area contributed by atoms with E-state index >= 15 is 0 Å². The van der Waals surface area contributed by atoms with Gasteiger partial charge < -0.3 is 10.1 Å². The first-order valence-corrected chi connectivity index (χ1v) is 7.73. The molecule has 8 heteroatoms. The smallest absolute Gasteiger partial charge is 0.261 e. The number of amides is 1. The van der Waals surface area contributed by atoms with Gasteiger partial charge in [-0.1, -0.05) is 0 Å². The van der Waals surface area contributed by atoms with Crippen molar-refractivity contribution >= 4 is 27.3 Å². The summed E-state index contributed by atoms with van der Waals surface area (Å²) in [6, 6.07) is 1.37. The van der Waals surface area contributed by atoms with Gasteiger partial charge in [-0.25, -0.2) is 13.1 Å². The number of carbonyl (C=O) groups is 1. The van der Waals surface area contributed by atoms with E-state index < -0.39 is 10.0 Å². The van der Waals surface area contributed by atoms with Gasteiger partial charge in [0.25, 0.3) is 5.91 Å². The number of ether oxygens (including phenoxy) is 1. The van der Waals surface area contributed by atoms with Crippen LogP contribution >= 0.6 is 11.3 Å². The summed E-state index contributed by atoms with van der Waals surface area (Å²) in [5, 5.41) is 4.06. The van der Waals surface area contributed by atoms with Crippen molar-refractivity contribution in [3.63, 3.8) is 0 Å². The zero-order valence-electron chi connectivity index (χ0n) is 10.2. The van der Waals surface area contributed by atoms with Crippen molar-refractivity contribution in [2.75, 3.05) is 26.8 Å². The molecule has 102 valence electrons. The summed E-state index contributed by atoms with van der Waals surface area (Å²) in [5.41, 5.74) is 0. The SMILES string of the molecule is CCNC(=O)c1cc(S(=O)(=O)NCCOC)cs1. The molecule has 2 N–H and O–H groups in total. The van der Waals surface area contributed by atoms with Gasteiger partial charge in [-0.15, -0.1) is 11.3 Å². The second-order valence-corrected chi connectivity index (χ2v) is 6.07. The van der Waals surface area contributed by atoms with Crippen molar-refractivity contribution in [2.24, 2.45) is 0 Å². The van der Waals surface area contributed by atoms with Crippen LogP contribution in [0.3, 0.4) is 0 Å². The predicted octanol–water partition coefficient (Wildman–Crippen LogP) is 0.422. The third-order valence-corrected chi connectivity index (χ3v) is 4.56. The van der Waals surface area contributed by atoms with Gasteiger partial charge in [-0.2, -0.15) is 0 Å². The van der Waals surface area contributed by atoms with Crippen molar-refractivity contribution in [1.29, 1.82) is 0 Å². The highest BCUT2D eigenvalue weighted by Gasteiger charge is 2.17. The fourth-order valence-electron chi connectivity index (χ4n) is 1.19. The van der Waals surface area contributed by atoms with Gasteiger partial charge in [0.1, 0.15) is 0 Å². The molecule has 1 aromatic heterocycles. The Morgan fingerprint density at radius 1 is 1.50 bits per heavy atom. The van der Waals surface area contributed by atoms with E-state index in [1.807, 2.05) is 0 Å². The lowest BCUT2D eigenvalue weighted by molar-refractivity contribution is 0.0959. The second kappa shape index (κ2) is 6.83. The number of sulfonamides is 1. The summed E-state index contributed by atoms with van der Waals surface area (Å²) >= 11 is 1.10. The van der Waals surface area contributed by atoms with Gasteiger partial charge >= 0.3 is 0 Å². The number of nitrogens with one attached hydrogen (secondary N) is 2. The molecule has 0 radical (unpaired) electrons. The molecule has 0 saturated heterocycles. The summed E-state index contributed by atoms with van der Waals surface area (Å²) in [6.07, 6.45) is 0.